The first-order chi connectivity index (χ1) is 10.0. The molecular weight excluding hydrogens is 312 g/mol. The van der Waals surface area contributed by atoms with Crippen LogP contribution >= 0.6 is 23.2 Å². The van der Waals surface area contributed by atoms with Crippen LogP contribution in [0.3, 0.4) is 0 Å². The number of nitrogens with one attached hydrogen (secondary N) is 1. The number of rotatable bonds is 6. The van der Waals surface area contributed by atoms with E-state index in [9.17, 15) is 4.39 Å². The molecule has 2 fully saturated rings. The van der Waals surface area contributed by atoms with Crippen LogP contribution in [0.15, 0.2) is 12.1 Å². The van der Waals surface area contributed by atoms with E-state index in [1.54, 1.807) is 7.11 Å². The molecule has 0 bridgehead atoms. The molecular formula is C16H20Cl2FNO. The fourth-order valence-electron chi connectivity index (χ4n) is 3.48. The Balaban J connectivity index is 1.55. The minimum Gasteiger partial charge on any atom is -0.375 e. The molecule has 1 atom stereocenters. The number of halogens is 3. The highest BCUT2D eigenvalue weighted by Crippen LogP contribution is 2.63. The van der Waals surface area contributed by atoms with Crippen molar-refractivity contribution in [3.05, 3.63) is 33.6 Å². The van der Waals surface area contributed by atoms with Crippen molar-refractivity contribution in [1.82, 2.24) is 5.32 Å². The number of benzene rings is 1. The SMILES string of the molecule is COC(CNCC1CC2(CC2)C1)c1c(Cl)cc(F)cc1Cl. The van der Waals surface area contributed by atoms with Crippen molar-refractivity contribution in [2.75, 3.05) is 20.2 Å². The van der Waals surface area contributed by atoms with E-state index in [2.05, 4.69) is 5.32 Å². The van der Waals surface area contributed by atoms with Crippen LogP contribution in [0.2, 0.25) is 10.0 Å². The summed E-state index contributed by atoms with van der Waals surface area (Å²) >= 11 is 12.2. The predicted octanol–water partition coefficient (Wildman–Crippen LogP) is 4.60. The first kappa shape index (κ1) is 15.5. The molecule has 3 rings (SSSR count). The first-order valence-electron chi connectivity index (χ1n) is 7.41. The van der Waals surface area contributed by atoms with Crippen LogP contribution in [0.5, 0.6) is 0 Å². The highest BCUT2D eigenvalue weighted by molar-refractivity contribution is 6.36. The smallest absolute Gasteiger partial charge is 0.126 e. The van der Waals surface area contributed by atoms with E-state index in [1.807, 2.05) is 0 Å². The van der Waals surface area contributed by atoms with E-state index in [0.29, 0.717) is 22.2 Å². The van der Waals surface area contributed by atoms with Crippen LogP contribution in [0, 0.1) is 17.2 Å². The molecule has 1 unspecified atom stereocenters. The van der Waals surface area contributed by atoms with Crippen LogP contribution in [0.25, 0.3) is 0 Å². The van der Waals surface area contributed by atoms with E-state index in [1.165, 1.54) is 37.8 Å². The van der Waals surface area contributed by atoms with Gasteiger partial charge in [0.2, 0.25) is 0 Å². The van der Waals surface area contributed by atoms with Gasteiger partial charge in [0.1, 0.15) is 5.82 Å². The highest BCUT2D eigenvalue weighted by atomic mass is 35.5. The van der Waals surface area contributed by atoms with Crippen LogP contribution in [0.1, 0.15) is 37.4 Å². The molecule has 2 nitrogen and oxygen atoms in total. The van der Waals surface area contributed by atoms with Crippen molar-refractivity contribution in [2.45, 2.75) is 31.8 Å². The van der Waals surface area contributed by atoms with E-state index in [0.717, 1.165) is 17.9 Å². The lowest BCUT2D eigenvalue weighted by atomic mass is 9.72. The Bertz CT molecular complexity index is 502. The van der Waals surface area contributed by atoms with Crippen molar-refractivity contribution in [3.8, 4) is 0 Å². The lowest BCUT2D eigenvalue weighted by Crippen LogP contribution is -2.36. The maximum absolute atomic E-state index is 13.2. The van der Waals surface area contributed by atoms with Gasteiger partial charge in [-0.15, -0.1) is 0 Å². The molecule has 116 valence electrons. The number of hydrogen-bond acceptors (Lipinski definition) is 2. The standard InChI is InChI=1S/C16H20Cl2FNO/c1-21-14(15-12(17)4-11(19)5-13(15)18)9-20-8-10-6-16(7-10)2-3-16/h4-5,10,14,20H,2-3,6-9H2,1H3. The zero-order valence-electron chi connectivity index (χ0n) is 12.1. The van der Waals surface area contributed by atoms with Gasteiger partial charge in [0.05, 0.1) is 16.1 Å². The summed E-state index contributed by atoms with van der Waals surface area (Å²) in [5.41, 5.74) is 1.39. The fraction of sp³-hybridized carbons (Fsp3) is 0.625. The van der Waals surface area contributed by atoms with Gasteiger partial charge in [0.15, 0.2) is 0 Å². The van der Waals surface area contributed by atoms with E-state index in [-0.39, 0.29) is 6.10 Å². The van der Waals surface area contributed by atoms with Crippen molar-refractivity contribution < 1.29 is 9.13 Å². The van der Waals surface area contributed by atoms with Crippen LogP contribution < -0.4 is 5.32 Å². The second-order valence-electron chi connectivity index (χ2n) is 6.44. The Labute approximate surface area is 135 Å². The van der Waals surface area contributed by atoms with Gasteiger partial charge in [-0.3, -0.25) is 0 Å². The van der Waals surface area contributed by atoms with Gasteiger partial charge < -0.3 is 10.1 Å². The van der Waals surface area contributed by atoms with E-state index >= 15 is 0 Å². The summed E-state index contributed by atoms with van der Waals surface area (Å²) in [5.74, 6) is 0.352. The van der Waals surface area contributed by atoms with Gasteiger partial charge in [-0.1, -0.05) is 23.2 Å². The van der Waals surface area contributed by atoms with E-state index in [4.69, 9.17) is 27.9 Å². The van der Waals surface area contributed by atoms with Crippen molar-refractivity contribution in [1.29, 1.82) is 0 Å². The third kappa shape index (κ3) is 3.37. The van der Waals surface area contributed by atoms with E-state index < -0.39 is 5.82 Å². The van der Waals surface area contributed by atoms with Crippen LogP contribution in [-0.2, 0) is 4.74 Å². The normalized spacial score (nSPS) is 21.3. The zero-order valence-corrected chi connectivity index (χ0v) is 13.6. The number of methoxy groups -OCH3 is 1. The Morgan fingerprint density at radius 2 is 1.95 bits per heavy atom. The Morgan fingerprint density at radius 3 is 2.48 bits per heavy atom. The summed E-state index contributed by atoms with van der Waals surface area (Å²) in [7, 11) is 1.62. The zero-order chi connectivity index (χ0) is 15.0. The average Bonchev–Trinajstić information content (AvgIpc) is 3.15. The molecule has 0 amide bonds. The van der Waals surface area contributed by atoms with Gasteiger partial charge in [0, 0.05) is 19.2 Å². The predicted molar refractivity (Wildman–Crippen MR) is 83.4 cm³/mol. The summed E-state index contributed by atoms with van der Waals surface area (Å²) in [6.07, 6.45) is 5.29. The van der Waals surface area contributed by atoms with Gasteiger partial charge in [-0.2, -0.15) is 0 Å². The molecule has 0 radical (unpaired) electrons. The Kier molecular flexibility index (Phi) is 4.47. The van der Waals surface area contributed by atoms with Crippen molar-refractivity contribution in [3.63, 3.8) is 0 Å². The monoisotopic (exact) mass is 331 g/mol. The maximum atomic E-state index is 13.2. The molecule has 1 N–H and O–H groups in total. The largest absolute Gasteiger partial charge is 0.375 e. The molecule has 0 aromatic heterocycles. The molecule has 0 saturated heterocycles. The molecule has 2 saturated carbocycles. The van der Waals surface area contributed by atoms with Crippen LogP contribution in [-0.4, -0.2) is 20.2 Å². The number of ether oxygens (including phenoxy) is 1. The molecule has 21 heavy (non-hydrogen) atoms. The summed E-state index contributed by atoms with van der Waals surface area (Å²) in [6.45, 7) is 1.63. The maximum Gasteiger partial charge on any atom is 0.126 e. The quantitative estimate of drug-likeness (QED) is 0.822. The molecule has 1 aromatic rings. The molecule has 5 heteroatoms. The van der Waals surface area contributed by atoms with Crippen LogP contribution in [0.4, 0.5) is 4.39 Å². The first-order valence-corrected chi connectivity index (χ1v) is 8.16. The molecule has 0 heterocycles. The topological polar surface area (TPSA) is 21.3 Å². The summed E-state index contributed by atoms with van der Waals surface area (Å²) in [6, 6.07) is 2.55. The molecule has 2 aliphatic carbocycles. The lowest BCUT2D eigenvalue weighted by molar-refractivity contribution is 0.0953. The molecule has 0 aliphatic heterocycles. The summed E-state index contributed by atoms with van der Waals surface area (Å²) in [5, 5.41) is 4.06. The van der Waals surface area contributed by atoms with Gasteiger partial charge in [0.25, 0.3) is 0 Å². The minimum absolute atomic E-state index is 0.263. The molecule has 1 aromatic carbocycles. The third-order valence-corrected chi connectivity index (χ3v) is 5.44. The summed E-state index contributed by atoms with van der Waals surface area (Å²) in [4.78, 5) is 0. The molecule has 2 aliphatic rings. The molecule has 1 spiro atoms. The highest BCUT2D eigenvalue weighted by Gasteiger charge is 2.52. The Morgan fingerprint density at radius 1 is 1.33 bits per heavy atom. The summed E-state index contributed by atoms with van der Waals surface area (Å²) < 4.78 is 18.7. The van der Waals surface area contributed by atoms with Crippen molar-refractivity contribution >= 4 is 23.2 Å². The fourth-order valence-corrected chi connectivity index (χ4v) is 4.18. The van der Waals surface area contributed by atoms with Gasteiger partial charge >= 0.3 is 0 Å². The second-order valence-corrected chi connectivity index (χ2v) is 7.25. The third-order valence-electron chi connectivity index (χ3n) is 4.81. The lowest BCUT2D eigenvalue weighted by Gasteiger charge is -2.36. The number of hydrogen-bond donors (Lipinski definition) is 1. The van der Waals surface area contributed by atoms with Crippen molar-refractivity contribution in [2.24, 2.45) is 11.3 Å². The van der Waals surface area contributed by atoms with Gasteiger partial charge in [-0.05, 0) is 55.7 Å². The second kappa shape index (κ2) is 6.04. The minimum atomic E-state index is -0.430. The Hall–Kier alpha value is -0.350. The van der Waals surface area contributed by atoms with Gasteiger partial charge in [-0.25, -0.2) is 4.39 Å². The average molecular weight is 332 g/mol.